The van der Waals surface area contributed by atoms with E-state index in [1.54, 1.807) is 36.5 Å². The second-order valence-corrected chi connectivity index (χ2v) is 10.0. The molecule has 9 nitrogen and oxygen atoms in total. The van der Waals surface area contributed by atoms with Gasteiger partial charge < -0.3 is 22.1 Å². The Hall–Kier alpha value is -3.92. The van der Waals surface area contributed by atoms with Crippen LogP contribution in [0.1, 0.15) is 36.9 Å². The summed E-state index contributed by atoms with van der Waals surface area (Å²) in [5, 5.41) is 21.9. The van der Waals surface area contributed by atoms with Gasteiger partial charge in [-0.3, -0.25) is 25.4 Å². The van der Waals surface area contributed by atoms with Gasteiger partial charge in [0.15, 0.2) is 5.17 Å². The Morgan fingerprint density at radius 2 is 1.70 bits per heavy atom. The molecule has 194 valence electrons. The molecule has 0 bridgehead atoms. The number of nitrogens with one attached hydrogen (secondary N) is 4. The maximum Gasteiger partial charge on any atom is 0.231 e. The Morgan fingerprint density at radius 1 is 0.973 bits per heavy atom. The highest BCUT2D eigenvalue weighted by Gasteiger charge is 2.29. The Labute approximate surface area is 221 Å². The number of hydrogen-bond acceptors (Lipinski definition) is 8. The van der Waals surface area contributed by atoms with Crippen molar-refractivity contribution in [2.45, 2.75) is 38.5 Å². The molecule has 1 fully saturated rings. The lowest BCUT2D eigenvalue weighted by Gasteiger charge is -2.13. The number of benzene rings is 1. The molecule has 0 spiro atoms. The topological polar surface area (TPSA) is 171 Å². The summed E-state index contributed by atoms with van der Waals surface area (Å²) in [5.41, 5.74) is 14.3. The second-order valence-electron chi connectivity index (χ2n) is 9.00. The van der Waals surface area contributed by atoms with E-state index in [1.165, 1.54) is 0 Å². The number of nitrogens with zero attached hydrogens (tertiary/aromatic N) is 1. The Morgan fingerprint density at radius 3 is 2.43 bits per heavy atom. The van der Waals surface area contributed by atoms with E-state index in [2.05, 4.69) is 15.6 Å². The van der Waals surface area contributed by atoms with Gasteiger partial charge in [0.2, 0.25) is 11.8 Å². The third-order valence-electron chi connectivity index (χ3n) is 5.94. The van der Waals surface area contributed by atoms with Crippen LogP contribution in [-0.2, 0) is 22.4 Å². The van der Waals surface area contributed by atoms with Gasteiger partial charge in [0.05, 0.1) is 17.9 Å². The number of thioether (sulfide) groups is 1. The van der Waals surface area contributed by atoms with Crippen molar-refractivity contribution in [2.75, 3.05) is 0 Å². The van der Waals surface area contributed by atoms with Crippen LogP contribution in [0.15, 0.2) is 78.4 Å². The van der Waals surface area contributed by atoms with Crippen LogP contribution in [0.5, 0.6) is 0 Å². The highest BCUT2D eigenvalue weighted by atomic mass is 32.2. The van der Waals surface area contributed by atoms with Crippen LogP contribution in [0, 0.1) is 22.7 Å². The first kappa shape index (κ1) is 27.7. The molecule has 2 amide bonds. The normalized spacial score (nSPS) is 17.7. The Bertz CT molecular complexity index is 1170. The summed E-state index contributed by atoms with van der Waals surface area (Å²) in [5.74, 6) is 0.0657. The zero-order valence-electron chi connectivity index (χ0n) is 20.6. The molecule has 2 atom stereocenters. The molecule has 1 aliphatic carbocycles. The van der Waals surface area contributed by atoms with Gasteiger partial charge in [0.25, 0.3) is 0 Å². The SMILES string of the molecule is N=C(NC(=O)Cc1ccccn1)SC(=N)C1CCC(C/C(N)=C/C=C(\N)NC(=O)Cc2ccccc2)C1. The van der Waals surface area contributed by atoms with Gasteiger partial charge in [0, 0.05) is 23.5 Å². The van der Waals surface area contributed by atoms with Crippen molar-refractivity contribution in [2.24, 2.45) is 23.3 Å². The van der Waals surface area contributed by atoms with Crippen molar-refractivity contribution in [3.8, 4) is 0 Å². The van der Waals surface area contributed by atoms with Gasteiger partial charge in [-0.2, -0.15) is 0 Å². The molecule has 37 heavy (non-hydrogen) atoms. The zero-order chi connectivity index (χ0) is 26.6. The monoisotopic (exact) mass is 519 g/mol. The summed E-state index contributed by atoms with van der Waals surface area (Å²) in [7, 11) is 0. The molecule has 1 saturated carbocycles. The number of carbonyl (C=O) groups is 2. The molecule has 1 aliphatic rings. The quantitative estimate of drug-likeness (QED) is 0.169. The first-order valence-electron chi connectivity index (χ1n) is 12.1. The first-order chi connectivity index (χ1) is 17.8. The summed E-state index contributed by atoms with van der Waals surface area (Å²) in [6.45, 7) is 0. The average Bonchev–Trinajstić information content (AvgIpc) is 3.32. The maximum absolute atomic E-state index is 12.1. The molecule has 8 N–H and O–H groups in total. The van der Waals surface area contributed by atoms with Crippen LogP contribution in [0.3, 0.4) is 0 Å². The highest BCUT2D eigenvalue weighted by Crippen LogP contribution is 2.37. The standard InChI is InChI=1S/C27H33N7O2S/c28-21(11-12-23(29)33-24(35)16-18-6-2-1-3-7-18)15-19-9-10-20(14-19)26(30)37-27(31)34-25(36)17-22-8-4-5-13-32-22/h1-8,11-13,19-20,30H,9-10,14-17,28-29H2,(H,33,35)(H2,31,34,36)/b21-11-,23-12+,30-26?. The van der Waals surface area contributed by atoms with Crippen molar-refractivity contribution in [1.82, 2.24) is 15.6 Å². The van der Waals surface area contributed by atoms with Crippen LogP contribution in [-0.4, -0.2) is 27.0 Å². The summed E-state index contributed by atoms with van der Waals surface area (Å²) in [4.78, 5) is 28.3. The van der Waals surface area contributed by atoms with Crippen molar-refractivity contribution < 1.29 is 9.59 Å². The largest absolute Gasteiger partial charge is 0.402 e. The molecule has 2 unspecified atom stereocenters. The van der Waals surface area contributed by atoms with E-state index < -0.39 is 0 Å². The Kier molecular flexibility index (Phi) is 10.5. The molecular formula is C27H33N7O2S. The average molecular weight is 520 g/mol. The first-order valence-corrected chi connectivity index (χ1v) is 12.9. The van der Waals surface area contributed by atoms with Crippen LogP contribution in [0.4, 0.5) is 0 Å². The van der Waals surface area contributed by atoms with Gasteiger partial charge in [-0.05, 0) is 73.2 Å². The second kappa shape index (κ2) is 14.0. The van der Waals surface area contributed by atoms with Crippen LogP contribution in [0.2, 0.25) is 0 Å². The minimum absolute atomic E-state index is 0.0359. The highest BCUT2D eigenvalue weighted by molar-refractivity contribution is 8.26. The zero-order valence-corrected chi connectivity index (χ0v) is 21.4. The third-order valence-corrected chi connectivity index (χ3v) is 6.80. The summed E-state index contributed by atoms with van der Waals surface area (Å²) < 4.78 is 0. The van der Waals surface area contributed by atoms with Crippen molar-refractivity contribution in [3.05, 3.63) is 89.7 Å². The number of carbonyl (C=O) groups excluding carboxylic acids is 2. The smallest absolute Gasteiger partial charge is 0.231 e. The molecular weight excluding hydrogens is 486 g/mol. The van der Waals surface area contributed by atoms with E-state index in [9.17, 15) is 9.59 Å². The summed E-state index contributed by atoms with van der Waals surface area (Å²) in [6, 6.07) is 14.8. The number of hydrogen-bond donors (Lipinski definition) is 6. The predicted octanol–water partition coefficient (Wildman–Crippen LogP) is 3.19. The van der Waals surface area contributed by atoms with Gasteiger partial charge in [-0.15, -0.1) is 0 Å². The fraction of sp³-hybridized carbons (Fsp3) is 0.296. The van der Waals surface area contributed by atoms with Crippen molar-refractivity contribution >= 4 is 33.8 Å². The lowest BCUT2D eigenvalue weighted by molar-refractivity contribution is -0.120. The van der Waals surface area contributed by atoms with Gasteiger partial charge in [-0.1, -0.05) is 36.4 Å². The van der Waals surface area contributed by atoms with E-state index in [0.29, 0.717) is 28.8 Å². The third kappa shape index (κ3) is 9.92. The van der Waals surface area contributed by atoms with Crippen LogP contribution >= 0.6 is 11.8 Å². The van der Waals surface area contributed by atoms with E-state index >= 15 is 0 Å². The van der Waals surface area contributed by atoms with Crippen LogP contribution < -0.4 is 22.1 Å². The predicted molar refractivity (Wildman–Crippen MR) is 147 cm³/mol. The minimum atomic E-state index is -0.324. The number of amidine groups is 1. The lowest BCUT2D eigenvalue weighted by atomic mass is 10.00. The van der Waals surface area contributed by atoms with Crippen molar-refractivity contribution in [1.29, 1.82) is 10.8 Å². The van der Waals surface area contributed by atoms with Crippen LogP contribution in [0.25, 0.3) is 0 Å². The molecule has 1 aromatic heterocycles. The van der Waals surface area contributed by atoms with Gasteiger partial charge in [0.1, 0.15) is 5.82 Å². The molecule has 0 saturated heterocycles. The Balaban J connectivity index is 1.38. The fourth-order valence-corrected chi connectivity index (χ4v) is 4.95. The maximum atomic E-state index is 12.1. The molecule has 1 aromatic carbocycles. The summed E-state index contributed by atoms with van der Waals surface area (Å²) >= 11 is 0.979. The molecule has 0 aliphatic heterocycles. The number of aromatic nitrogens is 1. The number of nitrogens with two attached hydrogens (primary N) is 2. The minimum Gasteiger partial charge on any atom is -0.402 e. The van der Waals surface area contributed by atoms with E-state index in [4.69, 9.17) is 22.3 Å². The molecule has 2 aromatic rings. The fourth-order valence-electron chi connectivity index (χ4n) is 4.18. The van der Waals surface area contributed by atoms with E-state index in [1.807, 2.05) is 30.3 Å². The molecule has 10 heteroatoms. The molecule has 0 radical (unpaired) electrons. The number of allylic oxidation sites excluding steroid dienone is 3. The number of pyridine rings is 1. The number of amides is 2. The van der Waals surface area contributed by atoms with E-state index in [-0.39, 0.29) is 41.6 Å². The number of rotatable bonds is 9. The van der Waals surface area contributed by atoms with E-state index in [0.717, 1.165) is 36.6 Å². The van der Waals surface area contributed by atoms with Gasteiger partial charge >= 0.3 is 0 Å². The van der Waals surface area contributed by atoms with Gasteiger partial charge in [-0.25, -0.2) is 0 Å². The van der Waals surface area contributed by atoms with Crippen molar-refractivity contribution in [3.63, 3.8) is 0 Å². The lowest BCUT2D eigenvalue weighted by Crippen LogP contribution is -2.30. The molecule has 3 rings (SSSR count). The molecule has 1 heterocycles. The summed E-state index contributed by atoms with van der Waals surface area (Å²) in [6.07, 6.45) is 8.47.